The van der Waals surface area contributed by atoms with Crippen molar-refractivity contribution in [3.8, 4) is 0 Å². The quantitative estimate of drug-likeness (QED) is 0.784. The predicted octanol–water partition coefficient (Wildman–Crippen LogP) is 2.37. The Morgan fingerprint density at radius 2 is 2.19 bits per heavy atom. The van der Waals surface area contributed by atoms with E-state index in [4.69, 9.17) is 4.74 Å². The summed E-state index contributed by atoms with van der Waals surface area (Å²) in [6.07, 6.45) is 8.67. The van der Waals surface area contributed by atoms with E-state index in [-0.39, 0.29) is 0 Å². The fraction of sp³-hybridized carbons (Fsp3) is 0.688. The van der Waals surface area contributed by atoms with Gasteiger partial charge < -0.3 is 10.1 Å². The minimum Gasteiger partial charge on any atom is -0.383 e. The molecule has 21 heavy (non-hydrogen) atoms. The number of allylic oxidation sites excluding steroid dienone is 1. The van der Waals surface area contributed by atoms with Crippen LogP contribution in [0.3, 0.4) is 0 Å². The van der Waals surface area contributed by atoms with E-state index in [1.807, 2.05) is 10.9 Å². The summed E-state index contributed by atoms with van der Waals surface area (Å²) in [4.78, 5) is 2.52. The van der Waals surface area contributed by atoms with Crippen LogP contribution in [-0.4, -0.2) is 54.1 Å². The first-order valence-corrected chi connectivity index (χ1v) is 7.81. The van der Waals surface area contributed by atoms with E-state index >= 15 is 0 Å². The summed E-state index contributed by atoms with van der Waals surface area (Å²) < 4.78 is 6.99. The largest absolute Gasteiger partial charge is 0.383 e. The Kier molecular flexibility index (Phi) is 6.26. The Morgan fingerprint density at radius 1 is 1.43 bits per heavy atom. The van der Waals surface area contributed by atoms with E-state index in [1.54, 1.807) is 7.11 Å². The molecule has 0 atom stereocenters. The van der Waals surface area contributed by atoms with Crippen LogP contribution in [0.1, 0.15) is 26.7 Å². The van der Waals surface area contributed by atoms with E-state index in [1.165, 1.54) is 31.5 Å². The van der Waals surface area contributed by atoms with E-state index in [9.17, 15) is 0 Å². The van der Waals surface area contributed by atoms with Gasteiger partial charge >= 0.3 is 0 Å². The average molecular weight is 292 g/mol. The highest BCUT2D eigenvalue weighted by molar-refractivity contribution is 5.39. The molecule has 1 aromatic heterocycles. The molecule has 1 saturated heterocycles. The summed E-state index contributed by atoms with van der Waals surface area (Å²) in [7, 11) is 1.71. The zero-order valence-corrected chi connectivity index (χ0v) is 13.5. The van der Waals surface area contributed by atoms with Crippen molar-refractivity contribution in [2.75, 3.05) is 38.7 Å². The van der Waals surface area contributed by atoms with Crippen molar-refractivity contribution >= 4 is 5.69 Å². The molecule has 0 aromatic carbocycles. The van der Waals surface area contributed by atoms with Crippen LogP contribution in [-0.2, 0) is 11.3 Å². The van der Waals surface area contributed by atoms with Gasteiger partial charge in [-0.1, -0.05) is 11.6 Å². The molecule has 5 nitrogen and oxygen atoms in total. The molecule has 0 aliphatic carbocycles. The third-order valence-electron chi connectivity index (χ3n) is 3.87. The summed E-state index contributed by atoms with van der Waals surface area (Å²) in [6.45, 7) is 9.25. The third-order valence-corrected chi connectivity index (χ3v) is 3.87. The SMILES string of the molecule is COCCn1cc(NC2CCN(CC=C(C)C)CC2)cn1. The highest BCUT2D eigenvalue weighted by atomic mass is 16.5. The Morgan fingerprint density at radius 3 is 2.86 bits per heavy atom. The second kappa shape index (κ2) is 8.20. The number of hydrogen-bond donors (Lipinski definition) is 1. The number of aromatic nitrogens is 2. The highest BCUT2D eigenvalue weighted by Gasteiger charge is 2.18. The lowest BCUT2D eigenvalue weighted by Gasteiger charge is -2.31. The molecule has 0 amide bonds. The zero-order valence-electron chi connectivity index (χ0n) is 13.5. The van der Waals surface area contributed by atoms with E-state index in [0.29, 0.717) is 12.6 Å². The van der Waals surface area contributed by atoms with Crippen LogP contribution in [0.4, 0.5) is 5.69 Å². The standard InChI is InChI=1S/C16H28N4O/c1-14(2)4-7-19-8-5-15(6-9-19)18-16-12-17-20(13-16)10-11-21-3/h4,12-13,15,18H,5-11H2,1-3H3. The molecule has 1 fully saturated rings. The molecule has 0 unspecified atom stereocenters. The fourth-order valence-electron chi connectivity index (χ4n) is 2.55. The van der Waals surface area contributed by atoms with Crippen molar-refractivity contribution in [2.24, 2.45) is 0 Å². The maximum atomic E-state index is 5.07. The zero-order chi connectivity index (χ0) is 15.1. The number of methoxy groups -OCH3 is 1. The molecule has 5 heteroatoms. The number of hydrogen-bond acceptors (Lipinski definition) is 4. The minimum absolute atomic E-state index is 0.563. The van der Waals surface area contributed by atoms with Crippen LogP contribution in [0.5, 0.6) is 0 Å². The Bertz CT molecular complexity index is 443. The lowest BCUT2D eigenvalue weighted by atomic mass is 10.0. The Labute approximate surface area is 128 Å². The molecular formula is C16H28N4O. The average Bonchev–Trinajstić information content (AvgIpc) is 2.92. The van der Waals surface area contributed by atoms with Gasteiger partial charge in [0.25, 0.3) is 0 Å². The number of piperidine rings is 1. The van der Waals surface area contributed by atoms with Crippen molar-refractivity contribution < 1.29 is 4.74 Å². The maximum Gasteiger partial charge on any atom is 0.0728 e. The van der Waals surface area contributed by atoms with Crippen molar-refractivity contribution in [3.05, 3.63) is 24.0 Å². The summed E-state index contributed by atoms with van der Waals surface area (Å²) in [6, 6.07) is 0.563. The van der Waals surface area contributed by atoms with Crippen LogP contribution in [0.15, 0.2) is 24.0 Å². The van der Waals surface area contributed by atoms with E-state index in [2.05, 4.69) is 41.4 Å². The first-order valence-electron chi connectivity index (χ1n) is 7.81. The predicted molar refractivity (Wildman–Crippen MR) is 86.6 cm³/mol. The first kappa shape index (κ1) is 16.0. The number of nitrogens with zero attached hydrogens (tertiary/aromatic N) is 3. The van der Waals surface area contributed by atoms with E-state index in [0.717, 1.165) is 18.8 Å². The number of anilines is 1. The molecule has 2 rings (SSSR count). The summed E-state index contributed by atoms with van der Waals surface area (Å²) in [5.41, 5.74) is 2.52. The first-order chi connectivity index (χ1) is 10.2. The second-order valence-electron chi connectivity index (χ2n) is 5.99. The van der Waals surface area contributed by atoms with Crippen LogP contribution in [0, 0.1) is 0 Å². The second-order valence-corrected chi connectivity index (χ2v) is 5.99. The topological polar surface area (TPSA) is 42.3 Å². The van der Waals surface area contributed by atoms with Crippen LogP contribution < -0.4 is 5.32 Å². The normalized spacial score (nSPS) is 16.9. The summed E-state index contributed by atoms with van der Waals surface area (Å²) in [5.74, 6) is 0. The summed E-state index contributed by atoms with van der Waals surface area (Å²) in [5, 5.41) is 7.94. The van der Waals surface area contributed by atoms with Crippen LogP contribution in [0.25, 0.3) is 0 Å². The van der Waals surface area contributed by atoms with Gasteiger partial charge in [-0.2, -0.15) is 5.10 Å². The van der Waals surface area contributed by atoms with Gasteiger partial charge in [0, 0.05) is 39.0 Å². The van der Waals surface area contributed by atoms with Crippen LogP contribution >= 0.6 is 0 Å². The van der Waals surface area contributed by atoms with Crippen LogP contribution in [0.2, 0.25) is 0 Å². The van der Waals surface area contributed by atoms with Crippen molar-refractivity contribution in [1.82, 2.24) is 14.7 Å². The lowest BCUT2D eigenvalue weighted by molar-refractivity contribution is 0.183. The smallest absolute Gasteiger partial charge is 0.0728 e. The summed E-state index contributed by atoms with van der Waals surface area (Å²) >= 11 is 0. The molecule has 118 valence electrons. The van der Waals surface area contributed by atoms with Crippen molar-refractivity contribution in [2.45, 2.75) is 39.3 Å². The molecule has 1 aliphatic heterocycles. The number of ether oxygens (including phenoxy) is 1. The molecule has 0 bridgehead atoms. The van der Waals surface area contributed by atoms with Gasteiger partial charge in [-0.25, -0.2) is 0 Å². The van der Waals surface area contributed by atoms with Crippen molar-refractivity contribution in [1.29, 1.82) is 0 Å². The van der Waals surface area contributed by atoms with Gasteiger partial charge in [0.2, 0.25) is 0 Å². The molecule has 0 radical (unpaired) electrons. The molecular weight excluding hydrogens is 264 g/mol. The maximum absolute atomic E-state index is 5.07. The highest BCUT2D eigenvalue weighted by Crippen LogP contribution is 2.16. The molecule has 0 spiro atoms. The van der Waals surface area contributed by atoms with Gasteiger partial charge in [-0.15, -0.1) is 0 Å². The Hall–Kier alpha value is -1.33. The third kappa shape index (κ3) is 5.52. The van der Waals surface area contributed by atoms with Gasteiger partial charge in [0.15, 0.2) is 0 Å². The van der Waals surface area contributed by atoms with Gasteiger partial charge in [0.1, 0.15) is 0 Å². The molecule has 1 N–H and O–H groups in total. The Balaban J connectivity index is 1.73. The fourth-order valence-corrected chi connectivity index (χ4v) is 2.55. The molecule has 1 aliphatic rings. The van der Waals surface area contributed by atoms with Crippen molar-refractivity contribution in [3.63, 3.8) is 0 Å². The molecule has 1 aromatic rings. The monoisotopic (exact) mass is 292 g/mol. The van der Waals surface area contributed by atoms with E-state index < -0.39 is 0 Å². The number of likely N-dealkylation sites (tertiary alicyclic amines) is 1. The van der Waals surface area contributed by atoms with Gasteiger partial charge in [0.05, 0.1) is 25.0 Å². The van der Waals surface area contributed by atoms with Gasteiger partial charge in [-0.05, 0) is 26.7 Å². The minimum atomic E-state index is 0.563. The number of rotatable bonds is 7. The van der Waals surface area contributed by atoms with Gasteiger partial charge in [-0.3, -0.25) is 9.58 Å². The lowest BCUT2D eigenvalue weighted by Crippen LogP contribution is -2.39. The molecule has 2 heterocycles. The number of nitrogens with one attached hydrogen (secondary N) is 1. The molecule has 0 saturated carbocycles.